The molecule has 1 N–H and O–H groups in total. The predicted octanol–water partition coefficient (Wildman–Crippen LogP) is 4.01. The Bertz CT molecular complexity index is 938. The van der Waals surface area contributed by atoms with Crippen LogP contribution in [0.2, 0.25) is 0 Å². The number of rotatable bonds is 6. The number of hydrogen-bond donors (Lipinski definition) is 1. The van der Waals surface area contributed by atoms with E-state index in [1.807, 2.05) is 18.5 Å². The number of guanidine groups is 1. The largest absolute Gasteiger partial charge is 0.351 e. The molecule has 1 aliphatic rings. The maximum absolute atomic E-state index is 4.90. The van der Waals surface area contributed by atoms with Crippen molar-refractivity contribution in [3.05, 3.63) is 69.9 Å². The summed E-state index contributed by atoms with van der Waals surface area (Å²) in [5, 5.41) is 14.1. The molecule has 1 saturated heterocycles. The summed E-state index contributed by atoms with van der Waals surface area (Å²) < 4.78 is 2.00. The molecule has 0 saturated carbocycles. The molecule has 1 aliphatic heterocycles. The highest BCUT2D eigenvalue weighted by molar-refractivity contribution is 14.0. The second-order valence-corrected chi connectivity index (χ2v) is 8.62. The van der Waals surface area contributed by atoms with Gasteiger partial charge in [-0.25, -0.2) is 4.99 Å². The average Bonchev–Trinajstić information content (AvgIpc) is 3.48. The van der Waals surface area contributed by atoms with Crippen LogP contribution in [0.1, 0.15) is 28.5 Å². The van der Waals surface area contributed by atoms with E-state index in [0.29, 0.717) is 12.5 Å². The molecule has 1 atom stereocenters. The van der Waals surface area contributed by atoms with Crippen LogP contribution in [-0.4, -0.2) is 38.7 Å². The van der Waals surface area contributed by atoms with Gasteiger partial charge in [-0.2, -0.15) is 0 Å². The molecule has 4 rings (SSSR count). The standard InChI is InChI=1S/C22H28N6S.HI/c1-17-25-26-21(27(17)2)15-24-22(23-14-20-9-6-12-29-20)28-11-10-19(16-28)13-18-7-4-3-5-8-18;/h3-9,12,19H,10-11,13-16H2,1-2H3,(H,23,24);1H. The van der Waals surface area contributed by atoms with Crippen LogP contribution in [-0.2, 0) is 26.6 Å². The lowest BCUT2D eigenvalue weighted by Gasteiger charge is -2.22. The maximum atomic E-state index is 4.90. The first-order chi connectivity index (χ1) is 14.2. The Labute approximate surface area is 199 Å². The molecule has 3 heterocycles. The first-order valence-corrected chi connectivity index (χ1v) is 11.0. The minimum Gasteiger partial charge on any atom is -0.351 e. The Hall–Kier alpha value is -1.94. The van der Waals surface area contributed by atoms with Crippen LogP contribution in [0.3, 0.4) is 0 Å². The third kappa shape index (κ3) is 5.81. The highest BCUT2D eigenvalue weighted by Gasteiger charge is 2.25. The smallest absolute Gasteiger partial charge is 0.194 e. The first-order valence-electron chi connectivity index (χ1n) is 10.1. The molecular formula is C22H29IN6S. The fourth-order valence-corrected chi connectivity index (χ4v) is 4.36. The monoisotopic (exact) mass is 536 g/mol. The van der Waals surface area contributed by atoms with Crippen LogP contribution in [0.25, 0.3) is 0 Å². The molecule has 1 aromatic carbocycles. The van der Waals surface area contributed by atoms with E-state index in [1.54, 1.807) is 11.3 Å². The van der Waals surface area contributed by atoms with Gasteiger partial charge in [0.05, 0.1) is 6.54 Å². The third-order valence-electron chi connectivity index (χ3n) is 5.51. The van der Waals surface area contributed by atoms with E-state index in [1.165, 1.54) is 16.9 Å². The quantitative estimate of drug-likeness (QED) is 0.294. The number of nitrogens with zero attached hydrogens (tertiary/aromatic N) is 5. The van der Waals surface area contributed by atoms with Crippen molar-refractivity contribution < 1.29 is 0 Å². The number of benzene rings is 1. The number of thiophene rings is 1. The third-order valence-corrected chi connectivity index (χ3v) is 6.38. The van der Waals surface area contributed by atoms with Crippen LogP contribution < -0.4 is 5.32 Å². The fraction of sp³-hybridized carbons (Fsp3) is 0.409. The number of aryl methyl sites for hydroxylation is 1. The normalized spacial score (nSPS) is 16.5. The van der Waals surface area contributed by atoms with Gasteiger partial charge in [0.1, 0.15) is 12.4 Å². The zero-order valence-electron chi connectivity index (χ0n) is 17.5. The second kappa shape index (κ2) is 10.9. The summed E-state index contributed by atoms with van der Waals surface area (Å²) >= 11 is 1.77. The van der Waals surface area contributed by atoms with Crippen LogP contribution in [0.15, 0.2) is 52.8 Å². The summed E-state index contributed by atoms with van der Waals surface area (Å²) in [6.07, 6.45) is 2.32. The second-order valence-electron chi connectivity index (χ2n) is 7.59. The SMILES string of the molecule is Cc1nnc(CN=C(NCc2cccs2)N2CCC(Cc3ccccc3)C2)n1C.I. The minimum absolute atomic E-state index is 0. The average molecular weight is 536 g/mol. The topological polar surface area (TPSA) is 58.3 Å². The Morgan fingerprint density at radius 2 is 2.03 bits per heavy atom. The summed E-state index contributed by atoms with van der Waals surface area (Å²) in [5.41, 5.74) is 1.42. The van der Waals surface area contributed by atoms with Crippen molar-refractivity contribution in [2.75, 3.05) is 13.1 Å². The molecule has 0 spiro atoms. The van der Waals surface area contributed by atoms with E-state index in [9.17, 15) is 0 Å². The van der Waals surface area contributed by atoms with Gasteiger partial charge >= 0.3 is 0 Å². The lowest BCUT2D eigenvalue weighted by molar-refractivity contribution is 0.458. The molecule has 1 unspecified atom stereocenters. The highest BCUT2D eigenvalue weighted by Crippen LogP contribution is 2.21. The Morgan fingerprint density at radius 1 is 1.20 bits per heavy atom. The van der Waals surface area contributed by atoms with Crippen molar-refractivity contribution in [3.8, 4) is 0 Å². The van der Waals surface area contributed by atoms with Gasteiger partial charge in [-0.1, -0.05) is 36.4 Å². The van der Waals surface area contributed by atoms with Crippen molar-refractivity contribution >= 4 is 41.3 Å². The Kier molecular flexibility index (Phi) is 8.26. The van der Waals surface area contributed by atoms with Gasteiger partial charge in [0.25, 0.3) is 0 Å². The van der Waals surface area contributed by atoms with Crippen LogP contribution in [0.4, 0.5) is 0 Å². The van der Waals surface area contributed by atoms with Gasteiger partial charge < -0.3 is 14.8 Å². The summed E-state index contributed by atoms with van der Waals surface area (Å²) in [6, 6.07) is 15.0. The zero-order valence-corrected chi connectivity index (χ0v) is 20.6. The summed E-state index contributed by atoms with van der Waals surface area (Å²) in [5.74, 6) is 3.42. The van der Waals surface area contributed by atoms with Gasteiger partial charge in [-0.3, -0.25) is 0 Å². The number of halogens is 1. The van der Waals surface area contributed by atoms with Gasteiger partial charge in [0.15, 0.2) is 11.8 Å². The molecule has 0 bridgehead atoms. The molecule has 6 nitrogen and oxygen atoms in total. The van der Waals surface area contributed by atoms with E-state index in [2.05, 4.69) is 68.3 Å². The predicted molar refractivity (Wildman–Crippen MR) is 133 cm³/mol. The number of nitrogens with one attached hydrogen (secondary N) is 1. The fourth-order valence-electron chi connectivity index (χ4n) is 3.72. The van der Waals surface area contributed by atoms with E-state index in [-0.39, 0.29) is 24.0 Å². The molecule has 0 amide bonds. The summed E-state index contributed by atoms with van der Waals surface area (Å²) in [6.45, 7) is 5.36. The zero-order chi connectivity index (χ0) is 20.1. The number of aliphatic imine (C=N–C) groups is 1. The van der Waals surface area contributed by atoms with Crippen molar-refractivity contribution in [3.63, 3.8) is 0 Å². The molecule has 30 heavy (non-hydrogen) atoms. The minimum atomic E-state index is 0. The van der Waals surface area contributed by atoms with Gasteiger partial charge in [0.2, 0.25) is 0 Å². The van der Waals surface area contributed by atoms with Crippen molar-refractivity contribution in [1.82, 2.24) is 25.0 Å². The number of aromatic nitrogens is 3. The summed E-state index contributed by atoms with van der Waals surface area (Å²) in [4.78, 5) is 8.61. The van der Waals surface area contributed by atoms with Gasteiger partial charge in [-0.15, -0.1) is 45.5 Å². The molecular weight excluding hydrogens is 507 g/mol. The Morgan fingerprint density at radius 3 is 2.73 bits per heavy atom. The lowest BCUT2D eigenvalue weighted by atomic mass is 9.99. The van der Waals surface area contributed by atoms with E-state index in [4.69, 9.17) is 4.99 Å². The lowest BCUT2D eigenvalue weighted by Crippen LogP contribution is -2.40. The van der Waals surface area contributed by atoms with Gasteiger partial charge in [-0.05, 0) is 42.7 Å². The molecule has 8 heteroatoms. The summed E-state index contributed by atoms with van der Waals surface area (Å²) in [7, 11) is 1.99. The number of hydrogen-bond acceptors (Lipinski definition) is 4. The van der Waals surface area contributed by atoms with E-state index < -0.39 is 0 Å². The van der Waals surface area contributed by atoms with E-state index in [0.717, 1.165) is 43.7 Å². The molecule has 1 fully saturated rings. The number of likely N-dealkylation sites (tertiary alicyclic amines) is 1. The Balaban J connectivity index is 0.00000256. The van der Waals surface area contributed by atoms with Crippen LogP contribution >= 0.6 is 35.3 Å². The van der Waals surface area contributed by atoms with Crippen LogP contribution in [0.5, 0.6) is 0 Å². The molecule has 3 aromatic rings. The van der Waals surface area contributed by atoms with Crippen LogP contribution in [0, 0.1) is 12.8 Å². The van der Waals surface area contributed by atoms with E-state index >= 15 is 0 Å². The molecule has 0 radical (unpaired) electrons. The van der Waals surface area contributed by atoms with Gasteiger partial charge in [0, 0.05) is 25.0 Å². The first kappa shape index (κ1) is 22.7. The van der Waals surface area contributed by atoms with Crippen molar-refractivity contribution in [2.45, 2.75) is 32.9 Å². The highest BCUT2D eigenvalue weighted by atomic mass is 127. The van der Waals surface area contributed by atoms with Crippen molar-refractivity contribution in [2.24, 2.45) is 18.0 Å². The molecule has 0 aliphatic carbocycles. The maximum Gasteiger partial charge on any atom is 0.194 e. The molecule has 2 aromatic heterocycles. The van der Waals surface area contributed by atoms with Crippen molar-refractivity contribution in [1.29, 1.82) is 0 Å². The molecule has 160 valence electrons.